The van der Waals surface area contributed by atoms with Crippen LogP contribution in [0.5, 0.6) is 17.2 Å². The van der Waals surface area contributed by atoms with Crippen molar-refractivity contribution in [3.05, 3.63) is 93.5 Å². The summed E-state index contributed by atoms with van der Waals surface area (Å²) in [5.41, 5.74) is 5.30. The molecule has 0 aliphatic rings. The Hall–Kier alpha value is -2.91. The van der Waals surface area contributed by atoms with Crippen LogP contribution in [-0.2, 0) is 13.0 Å². The van der Waals surface area contributed by atoms with E-state index in [1.54, 1.807) is 19.2 Å². The molecule has 0 bridgehead atoms. The summed E-state index contributed by atoms with van der Waals surface area (Å²) in [4.78, 5) is 0. The van der Waals surface area contributed by atoms with E-state index in [9.17, 15) is 5.11 Å². The van der Waals surface area contributed by atoms with Crippen molar-refractivity contribution in [2.75, 3.05) is 7.11 Å². The van der Waals surface area contributed by atoms with Gasteiger partial charge in [0.05, 0.1) is 7.11 Å². The fraction of sp³-hybridized carbons (Fsp3) is 0.259. The van der Waals surface area contributed by atoms with Crippen molar-refractivity contribution in [2.24, 2.45) is 0 Å². The minimum absolute atomic E-state index is 0.282. The number of hydrogen-bond acceptors (Lipinski definition) is 3. The third-order valence-electron chi connectivity index (χ3n) is 5.20. The summed E-state index contributed by atoms with van der Waals surface area (Å²) in [6.45, 7) is 6.66. The molecule has 0 aliphatic carbocycles. The Morgan fingerprint density at radius 2 is 1.74 bits per heavy atom. The number of methoxy groups -OCH3 is 1. The molecule has 4 heteroatoms. The molecule has 0 atom stereocenters. The molecule has 3 nitrogen and oxygen atoms in total. The number of allylic oxidation sites excluding steroid dienone is 1. The highest BCUT2D eigenvalue weighted by Crippen LogP contribution is 2.33. The van der Waals surface area contributed by atoms with Crippen LogP contribution in [0.25, 0.3) is 6.08 Å². The number of phenols is 1. The van der Waals surface area contributed by atoms with Crippen LogP contribution in [0.3, 0.4) is 0 Å². The van der Waals surface area contributed by atoms with Crippen molar-refractivity contribution in [3.8, 4) is 17.2 Å². The Labute approximate surface area is 189 Å². The molecule has 0 aliphatic heterocycles. The van der Waals surface area contributed by atoms with Crippen LogP contribution >= 0.6 is 11.6 Å². The maximum Gasteiger partial charge on any atom is 0.125 e. The van der Waals surface area contributed by atoms with Gasteiger partial charge in [-0.15, -0.1) is 0 Å². The molecule has 0 spiro atoms. The highest BCUT2D eigenvalue weighted by molar-refractivity contribution is 6.31. The molecule has 1 N–H and O–H groups in total. The molecule has 0 saturated carbocycles. The van der Waals surface area contributed by atoms with Gasteiger partial charge in [-0.25, -0.2) is 0 Å². The average Bonchev–Trinajstić information content (AvgIpc) is 2.75. The van der Waals surface area contributed by atoms with Crippen molar-refractivity contribution in [1.29, 1.82) is 0 Å². The Kier molecular flexibility index (Phi) is 7.64. The van der Waals surface area contributed by atoms with Gasteiger partial charge < -0.3 is 14.6 Å². The summed E-state index contributed by atoms with van der Waals surface area (Å²) < 4.78 is 11.8. The molecular weight excluding hydrogens is 408 g/mol. The van der Waals surface area contributed by atoms with Crippen molar-refractivity contribution >= 4 is 17.7 Å². The molecular formula is C27H29ClO3. The quantitative estimate of drug-likeness (QED) is 0.402. The second-order valence-electron chi connectivity index (χ2n) is 7.93. The number of hydrogen-bond donors (Lipinski definition) is 1. The van der Waals surface area contributed by atoms with Crippen LogP contribution in [-0.4, -0.2) is 12.2 Å². The van der Waals surface area contributed by atoms with E-state index in [0.717, 1.165) is 50.8 Å². The van der Waals surface area contributed by atoms with E-state index in [4.69, 9.17) is 21.1 Å². The Bertz CT molecular complexity index is 1050. The molecule has 0 unspecified atom stereocenters. The lowest BCUT2D eigenvalue weighted by atomic mass is 10.0. The minimum Gasteiger partial charge on any atom is -0.508 e. The molecule has 31 heavy (non-hydrogen) atoms. The van der Waals surface area contributed by atoms with Gasteiger partial charge in [0.25, 0.3) is 0 Å². The average molecular weight is 437 g/mol. The molecule has 3 aromatic rings. The van der Waals surface area contributed by atoms with Crippen molar-refractivity contribution < 1.29 is 14.6 Å². The number of aromatic hydroxyl groups is 1. The number of halogens is 1. The summed E-state index contributed by atoms with van der Waals surface area (Å²) in [6.07, 6.45) is 4.99. The van der Waals surface area contributed by atoms with Crippen LogP contribution in [0.2, 0.25) is 5.02 Å². The molecule has 0 heterocycles. The predicted octanol–water partition coefficient (Wildman–Crippen LogP) is 7.32. The zero-order valence-corrected chi connectivity index (χ0v) is 19.2. The number of phenolic OH excluding ortho intramolecular Hbond substituents is 1. The summed E-state index contributed by atoms with van der Waals surface area (Å²) >= 11 is 6.32. The number of benzene rings is 3. The molecule has 0 radical (unpaired) electrons. The summed E-state index contributed by atoms with van der Waals surface area (Å²) in [5.74, 6) is 2.24. The van der Waals surface area contributed by atoms with E-state index in [-0.39, 0.29) is 5.75 Å². The van der Waals surface area contributed by atoms with E-state index in [1.807, 2.05) is 43.3 Å². The SMILES string of the molecule is COc1ccc(/C=C/Cc2ccc(O)cc2)cc1COc1cc(C)c(Cl)cc1C(C)C. The van der Waals surface area contributed by atoms with Gasteiger partial charge in [0.15, 0.2) is 0 Å². The number of aryl methyl sites for hydroxylation is 1. The van der Waals surface area contributed by atoms with E-state index in [0.29, 0.717) is 12.5 Å². The first-order chi connectivity index (χ1) is 14.9. The van der Waals surface area contributed by atoms with Crippen LogP contribution in [0.15, 0.2) is 60.7 Å². The lowest BCUT2D eigenvalue weighted by Crippen LogP contribution is -2.03. The first-order valence-electron chi connectivity index (χ1n) is 10.4. The van der Waals surface area contributed by atoms with E-state index in [1.165, 1.54) is 0 Å². The second kappa shape index (κ2) is 10.4. The maximum absolute atomic E-state index is 9.40. The van der Waals surface area contributed by atoms with E-state index < -0.39 is 0 Å². The standard InChI is InChI=1S/C27H29ClO3/c1-18(2)24-16-25(28)19(3)14-27(24)31-17-22-15-21(10-13-26(22)30-4)7-5-6-20-8-11-23(29)12-9-20/h5,7-16,18,29H,6,17H2,1-4H3/b7-5+. The lowest BCUT2D eigenvalue weighted by Gasteiger charge is -2.17. The zero-order chi connectivity index (χ0) is 22.4. The molecule has 0 fully saturated rings. The molecule has 0 saturated heterocycles. The van der Waals surface area contributed by atoms with Crippen LogP contribution in [0, 0.1) is 6.92 Å². The first kappa shape index (κ1) is 22.8. The van der Waals surface area contributed by atoms with E-state index >= 15 is 0 Å². The molecule has 3 aromatic carbocycles. The normalized spacial score (nSPS) is 11.3. The summed E-state index contributed by atoms with van der Waals surface area (Å²) in [7, 11) is 1.67. The predicted molar refractivity (Wildman–Crippen MR) is 128 cm³/mol. The van der Waals surface area contributed by atoms with Gasteiger partial charge in [-0.2, -0.15) is 0 Å². The monoisotopic (exact) mass is 436 g/mol. The minimum atomic E-state index is 0.282. The van der Waals surface area contributed by atoms with Gasteiger partial charge >= 0.3 is 0 Å². The highest BCUT2D eigenvalue weighted by atomic mass is 35.5. The largest absolute Gasteiger partial charge is 0.508 e. The topological polar surface area (TPSA) is 38.7 Å². The molecule has 0 aromatic heterocycles. The number of rotatable bonds is 8. The maximum atomic E-state index is 9.40. The van der Waals surface area contributed by atoms with Crippen molar-refractivity contribution in [2.45, 2.75) is 39.7 Å². The lowest BCUT2D eigenvalue weighted by molar-refractivity contribution is 0.292. The molecule has 162 valence electrons. The third-order valence-corrected chi connectivity index (χ3v) is 5.61. The summed E-state index contributed by atoms with van der Waals surface area (Å²) in [6, 6.07) is 17.3. The van der Waals surface area contributed by atoms with Crippen LogP contribution < -0.4 is 9.47 Å². The second-order valence-corrected chi connectivity index (χ2v) is 8.33. The van der Waals surface area contributed by atoms with Gasteiger partial charge in [-0.1, -0.05) is 55.8 Å². The smallest absolute Gasteiger partial charge is 0.125 e. The van der Waals surface area contributed by atoms with Crippen molar-refractivity contribution in [1.82, 2.24) is 0 Å². The van der Waals surface area contributed by atoms with Crippen LogP contribution in [0.1, 0.15) is 47.6 Å². The van der Waals surface area contributed by atoms with Gasteiger partial charge in [0.1, 0.15) is 23.9 Å². The van der Waals surface area contributed by atoms with Crippen LogP contribution in [0.4, 0.5) is 0 Å². The Morgan fingerprint density at radius 3 is 2.42 bits per heavy atom. The Morgan fingerprint density at radius 1 is 1.00 bits per heavy atom. The van der Waals surface area contributed by atoms with Gasteiger partial charge in [0, 0.05) is 10.6 Å². The fourth-order valence-electron chi connectivity index (χ4n) is 3.38. The van der Waals surface area contributed by atoms with Gasteiger partial charge in [-0.05, 0) is 77.9 Å². The third kappa shape index (κ3) is 6.05. The van der Waals surface area contributed by atoms with Crippen molar-refractivity contribution in [3.63, 3.8) is 0 Å². The first-order valence-corrected chi connectivity index (χ1v) is 10.8. The number of ether oxygens (including phenoxy) is 2. The van der Waals surface area contributed by atoms with E-state index in [2.05, 4.69) is 32.1 Å². The van der Waals surface area contributed by atoms with Gasteiger partial charge in [-0.3, -0.25) is 0 Å². The molecule has 0 amide bonds. The molecule has 3 rings (SSSR count). The van der Waals surface area contributed by atoms with Gasteiger partial charge in [0.2, 0.25) is 0 Å². The highest BCUT2D eigenvalue weighted by Gasteiger charge is 2.13. The fourth-order valence-corrected chi connectivity index (χ4v) is 3.55. The summed E-state index contributed by atoms with van der Waals surface area (Å²) in [5, 5.41) is 10.2. The zero-order valence-electron chi connectivity index (χ0n) is 18.5. The Balaban J connectivity index is 1.76.